The van der Waals surface area contributed by atoms with Crippen molar-refractivity contribution in [2.75, 3.05) is 4.90 Å². The highest BCUT2D eigenvalue weighted by Crippen LogP contribution is 2.47. The van der Waals surface area contributed by atoms with Gasteiger partial charge in [-0.15, -0.1) is 0 Å². The second-order valence-corrected chi connectivity index (χ2v) is 18.7. The number of fused-ring (bicyclic) bond motifs is 4. The molecule has 302 valence electrons. The van der Waals surface area contributed by atoms with Crippen molar-refractivity contribution in [3.8, 4) is 39.1 Å². The van der Waals surface area contributed by atoms with Crippen LogP contribution in [0.2, 0.25) is 0 Å². The van der Waals surface area contributed by atoms with E-state index in [4.69, 9.17) is 0 Å². The molecule has 62 heavy (non-hydrogen) atoms. The van der Waals surface area contributed by atoms with E-state index in [1.54, 1.807) is 0 Å². The molecular weight excluding hydrogens is 749 g/mol. The van der Waals surface area contributed by atoms with Crippen LogP contribution in [0.15, 0.2) is 206 Å². The Kier molecular flexibility index (Phi) is 9.68. The zero-order chi connectivity index (χ0) is 42.6. The first-order chi connectivity index (χ1) is 30.0. The topological polar surface area (TPSA) is 8.17 Å². The maximum atomic E-state index is 2.49. The van der Waals surface area contributed by atoms with Crippen LogP contribution in [-0.2, 0) is 10.8 Å². The van der Waals surface area contributed by atoms with E-state index in [-0.39, 0.29) is 10.8 Å². The monoisotopic (exact) mass is 800 g/mol. The summed E-state index contributed by atoms with van der Waals surface area (Å²) in [5, 5.41) is 4.99. The van der Waals surface area contributed by atoms with E-state index in [2.05, 4.69) is 257 Å². The highest BCUT2D eigenvalue weighted by molar-refractivity contribution is 6.11. The predicted octanol–water partition coefficient (Wildman–Crippen LogP) is 17.0. The fraction of sp³-hybridized carbons (Fsp3) is 0.133. The largest absolute Gasteiger partial charge is 0.310 e. The fourth-order valence-corrected chi connectivity index (χ4v) is 9.16. The highest BCUT2D eigenvalue weighted by atomic mass is 15.1. The standard InChI is InChI=1S/C60H52N2/c1-59(2,3)45-38-46(60(4,5)6)40-49(39-45)61(55-29-15-13-25-51(55)53-28-18-22-43-21-17-27-50(58(43)53)42-19-9-7-10-20-42)48-34-31-41(32-35-48)44-33-36-57-54(37-44)52-26-14-16-30-56(52)62(57)47-23-11-8-12-24-47/h7-40H,1-6H3. The molecule has 0 amide bonds. The van der Waals surface area contributed by atoms with Gasteiger partial charge in [-0.2, -0.15) is 0 Å². The van der Waals surface area contributed by atoms with E-state index in [1.165, 1.54) is 82.8 Å². The van der Waals surface area contributed by atoms with Crippen molar-refractivity contribution in [3.05, 3.63) is 217 Å². The molecule has 0 aliphatic carbocycles. The normalized spacial score (nSPS) is 12.0. The van der Waals surface area contributed by atoms with Crippen molar-refractivity contribution < 1.29 is 0 Å². The van der Waals surface area contributed by atoms with Gasteiger partial charge in [0.1, 0.15) is 0 Å². The Labute approximate surface area is 366 Å². The van der Waals surface area contributed by atoms with E-state index in [0.29, 0.717) is 0 Å². The Morgan fingerprint density at radius 1 is 0.371 bits per heavy atom. The SMILES string of the molecule is CC(C)(C)c1cc(N(c2ccc(-c3ccc4c(c3)c3ccccc3n4-c3ccccc3)cc2)c2ccccc2-c2cccc3cccc(-c4ccccc4)c23)cc(C(C)(C)C)c1. The molecule has 0 spiro atoms. The molecule has 0 atom stereocenters. The van der Waals surface area contributed by atoms with Crippen LogP contribution in [0, 0.1) is 0 Å². The van der Waals surface area contributed by atoms with Gasteiger partial charge in [0.2, 0.25) is 0 Å². The lowest BCUT2D eigenvalue weighted by molar-refractivity contribution is 0.569. The van der Waals surface area contributed by atoms with E-state index >= 15 is 0 Å². The van der Waals surface area contributed by atoms with Gasteiger partial charge in [0, 0.05) is 33.4 Å². The average molecular weight is 801 g/mol. The van der Waals surface area contributed by atoms with Crippen molar-refractivity contribution in [1.82, 2.24) is 4.57 Å². The summed E-state index contributed by atoms with van der Waals surface area (Å²) < 4.78 is 2.38. The van der Waals surface area contributed by atoms with Crippen molar-refractivity contribution >= 4 is 49.6 Å². The van der Waals surface area contributed by atoms with Gasteiger partial charge in [-0.3, -0.25) is 0 Å². The highest BCUT2D eigenvalue weighted by Gasteiger charge is 2.25. The van der Waals surface area contributed by atoms with Crippen molar-refractivity contribution in [2.24, 2.45) is 0 Å². The van der Waals surface area contributed by atoms with Crippen LogP contribution in [-0.4, -0.2) is 4.57 Å². The maximum absolute atomic E-state index is 2.49. The fourth-order valence-electron chi connectivity index (χ4n) is 9.16. The summed E-state index contributed by atoms with van der Waals surface area (Å²) in [7, 11) is 0. The molecule has 2 nitrogen and oxygen atoms in total. The summed E-state index contributed by atoms with van der Waals surface area (Å²) in [6, 6.07) is 76.0. The van der Waals surface area contributed by atoms with E-state index < -0.39 is 0 Å². The Bertz CT molecular complexity index is 3190. The number of rotatable bonds is 7. The molecule has 0 saturated carbocycles. The van der Waals surface area contributed by atoms with Crippen molar-refractivity contribution in [3.63, 3.8) is 0 Å². The minimum absolute atomic E-state index is 0.0481. The quantitative estimate of drug-likeness (QED) is 0.156. The Hall–Kier alpha value is -7.16. The molecule has 0 unspecified atom stereocenters. The van der Waals surface area contributed by atoms with Gasteiger partial charge in [0.05, 0.1) is 16.7 Å². The second kappa shape index (κ2) is 15.4. The number of hydrogen-bond donors (Lipinski definition) is 0. The molecule has 2 heteroatoms. The van der Waals surface area contributed by atoms with Crippen LogP contribution in [0.4, 0.5) is 17.1 Å². The lowest BCUT2D eigenvalue weighted by Gasteiger charge is -2.32. The Balaban J connectivity index is 1.16. The first-order valence-electron chi connectivity index (χ1n) is 21.8. The molecular formula is C60H52N2. The molecule has 0 aliphatic rings. The van der Waals surface area contributed by atoms with E-state index in [0.717, 1.165) is 17.1 Å². The lowest BCUT2D eigenvalue weighted by atomic mass is 9.80. The summed E-state index contributed by atoms with van der Waals surface area (Å²) in [5.41, 5.74) is 16.7. The Morgan fingerprint density at radius 2 is 0.935 bits per heavy atom. The third-order valence-corrected chi connectivity index (χ3v) is 12.5. The molecule has 9 aromatic carbocycles. The molecule has 0 N–H and O–H groups in total. The van der Waals surface area contributed by atoms with Gasteiger partial charge in [0.15, 0.2) is 0 Å². The van der Waals surface area contributed by atoms with Crippen molar-refractivity contribution in [1.29, 1.82) is 0 Å². The third-order valence-electron chi connectivity index (χ3n) is 12.5. The van der Waals surface area contributed by atoms with E-state index in [1.807, 2.05) is 0 Å². The molecule has 0 aliphatic heterocycles. The van der Waals surface area contributed by atoms with Crippen LogP contribution >= 0.6 is 0 Å². The van der Waals surface area contributed by atoms with Crippen LogP contribution in [0.3, 0.4) is 0 Å². The van der Waals surface area contributed by atoms with Crippen LogP contribution in [0.5, 0.6) is 0 Å². The molecule has 10 rings (SSSR count). The van der Waals surface area contributed by atoms with Gasteiger partial charge < -0.3 is 9.47 Å². The predicted molar refractivity (Wildman–Crippen MR) is 267 cm³/mol. The minimum Gasteiger partial charge on any atom is -0.310 e. The second-order valence-electron chi connectivity index (χ2n) is 18.7. The van der Waals surface area contributed by atoms with Gasteiger partial charge >= 0.3 is 0 Å². The average Bonchev–Trinajstić information content (AvgIpc) is 3.63. The van der Waals surface area contributed by atoms with Gasteiger partial charge in [-0.25, -0.2) is 0 Å². The molecule has 1 aromatic heterocycles. The summed E-state index contributed by atoms with van der Waals surface area (Å²) in [6.07, 6.45) is 0. The van der Waals surface area contributed by atoms with Gasteiger partial charge in [0.25, 0.3) is 0 Å². The molecule has 0 fully saturated rings. The maximum Gasteiger partial charge on any atom is 0.0541 e. The number of benzene rings is 9. The molecule has 0 bridgehead atoms. The number of nitrogens with zero attached hydrogens (tertiary/aromatic N) is 2. The minimum atomic E-state index is -0.0481. The summed E-state index contributed by atoms with van der Waals surface area (Å²) >= 11 is 0. The zero-order valence-electron chi connectivity index (χ0n) is 36.5. The van der Waals surface area contributed by atoms with Crippen molar-refractivity contribution in [2.45, 2.75) is 52.4 Å². The third kappa shape index (κ3) is 7.06. The molecule has 10 aromatic rings. The number of anilines is 3. The number of aromatic nitrogens is 1. The summed E-state index contributed by atoms with van der Waals surface area (Å²) in [5.74, 6) is 0. The zero-order valence-corrected chi connectivity index (χ0v) is 36.5. The summed E-state index contributed by atoms with van der Waals surface area (Å²) in [6.45, 7) is 13.9. The van der Waals surface area contributed by atoms with Crippen LogP contribution < -0.4 is 4.90 Å². The Morgan fingerprint density at radius 3 is 1.63 bits per heavy atom. The summed E-state index contributed by atoms with van der Waals surface area (Å²) in [4.78, 5) is 2.49. The smallest absolute Gasteiger partial charge is 0.0541 e. The molecule has 0 radical (unpaired) electrons. The molecule has 0 saturated heterocycles. The number of para-hydroxylation sites is 3. The first kappa shape index (κ1) is 39.0. The molecule has 1 heterocycles. The first-order valence-corrected chi connectivity index (χ1v) is 21.8. The van der Waals surface area contributed by atoms with Gasteiger partial charge in [-0.1, -0.05) is 187 Å². The van der Waals surface area contributed by atoms with E-state index in [9.17, 15) is 0 Å². The lowest BCUT2D eigenvalue weighted by Crippen LogP contribution is -2.19. The van der Waals surface area contributed by atoms with Gasteiger partial charge in [-0.05, 0) is 121 Å². The van der Waals surface area contributed by atoms with Crippen LogP contribution in [0.1, 0.15) is 52.7 Å². The number of hydrogen-bond acceptors (Lipinski definition) is 1. The van der Waals surface area contributed by atoms with Crippen LogP contribution in [0.25, 0.3) is 71.6 Å².